The molecule has 0 spiro atoms. The van der Waals surface area contributed by atoms with E-state index in [0.717, 1.165) is 19.4 Å². The molecule has 0 saturated carbocycles. The first-order valence-electron chi connectivity index (χ1n) is 6.08. The Balaban J connectivity index is 1.85. The van der Waals surface area contributed by atoms with Gasteiger partial charge in [0, 0.05) is 37.6 Å². The van der Waals surface area contributed by atoms with Crippen molar-refractivity contribution in [3.8, 4) is 0 Å². The molecule has 0 aliphatic carbocycles. The van der Waals surface area contributed by atoms with E-state index in [9.17, 15) is 8.42 Å². The molecule has 0 unspecified atom stereocenters. The molecule has 2 saturated heterocycles. The summed E-state index contributed by atoms with van der Waals surface area (Å²) in [6.45, 7) is 1.43. The van der Waals surface area contributed by atoms with Gasteiger partial charge in [-0.05, 0) is 18.9 Å². The lowest BCUT2D eigenvalue weighted by Gasteiger charge is -2.24. The van der Waals surface area contributed by atoms with E-state index >= 15 is 0 Å². The molecule has 2 fully saturated rings. The summed E-state index contributed by atoms with van der Waals surface area (Å²) in [5.41, 5.74) is 0. The molecule has 0 bridgehead atoms. The van der Waals surface area contributed by atoms with E-state index in [1.165, 1.54) is 6.26 Å². The van der Waals surface area contributed by atoms with Crippen LogP contribution in [0.4, 0.5) is 5.95 Å². The second-order valence-corrected chi connectivity index (χ2v) is 6.76. The summed E-state index contributed by atoms with van der Waals surface area (Å²) in [4.78, 5) is 10.6. The Bertz CT molecular complexity index is 533. The van der Waals surface area contributed by atoms with Crippen LogP contribution in [0, 0.1) is 0 Å². The molecule has 3 heterocycles. The van der Waals surface area contributed by atoms with Crippen LogP contribution in [-0.4, -0.2) is 54.1 Å². The van der Waals surface area contributed by atoms with Crippen molar-refractivity contribution in [1.82, 2.24) is 14.3 Å². The zero-order valence-corrected chi connectivity index (χ0v) is 11.0. The highest BCUT2D eigenvalue weighted by molar-refractivity contribution is 7.88. The number of hydrogen-bond acceptors (Lipinski definition) is 5. The molecular weight excluding hydrogens is 252 g/mol. The number of fused-ring (bicyclic) bond motifs is 1. The maximum Gasteiger partial charge on any atom is 0.225 e. The van der Waals surface area contributed by atoms with Crippen LogP contribution < -0.4 is 4.90 Å². The molecule has 2 atom stereocenters. The minimum absolute atomic E-state index is 0.0869. The van der Waals surface area contributed by atoms with Crippen molar-refractivity contribution in [3.05, 3.63) is 18.5 Å². The average Bonchev–Trinajstić information content (AvgIpc) is 2.88. The highest BCUT2D eigenvalue weighted by Gasteiger charge is 2.46. The van der Waals surface area contributed by atoms with Gasteiger partial charge in [-0.3, -0.25) is 0 Å². The molecule has 1 aromatic rings. The molecule has 0 aromatic carbocycles. The first-order valence-corrected chi connectivity index (χ1v) is 7.93. The highest BCUT2D eigenvalue weighted by Crippen LogP contribution is 2.34. The second-order valence-electron chi connectivity index (χ2n) is 4.83. The van der Waals surface area contributed by atoms with Gasteiger partial charge in [-0.25, -0.2) is 18.4 Å². The molecule has 2 aliphatic heterocycles. The van der Waals surface area contributed by atoms with E-state index in [-0.39, 0.29) is 12.1 Å². The Morgan fingerprint density at radius 2 is 1.83 bits per heavy atom. The summed E-state index contributed by atoms with van der Waals surface area (Å²) in [6, 6.07) is 2.10. The van der Waals surface area contributed by atoms with Gasteiger partial charge in [0.2, 0.25) is 16.0 Å². The van der Waals surface area contributed by atoms with Crippen LogP contribution in [0.3, 0.4) is 0 Å². The van der Waals surface area contributed by atoms with Gasteiger partial charge in [0.25, 0.3) is 0 Å². The smallest absolute Gasteiger partial charge is 0.225 e. The first-order chi connectivity index (χ1) is 8.57. The minimum Gasteiger partial charge on any atom is -0.336 e. The first kappa shape index (κ1) is 11.9. The summed E-state index contributed by atoms with van der Waals surface area (Å²) < 4.78 is 25.0. The number of rotatable bonds is 2. The van der Waals surface area contributed by atoms with Gasteiger partial charge in [0.1, 0.15) is 0 Å². The zero-order valence-electron chi connectivity index (χ0n) is 10.2. The normalized spacial score (nSPS) is 28.6. The Morgan fingerprint density at radius 1 is 1.17 bits per heavy atom. The molecule has 0 radical (unpaired) electrons. The number of anilines is 1. The SMILES string of the molecule is CS(=O)(=O)N1CC[C@H]2[C@H]1CCN2c1ncccn1. The lowest BCUT2D eigenvalue weighted by Crippen LogP contribution is -2.39. The lowest BCUT2D eigenvalue weighted by molar-refractivity contribution is 0.391. The van der Waals surface area contributed by atoms with E-state index in [1.807, 2.05) is 0 Å². The molecule has 3 rings (SSSR count). The molecule has 0 amide bonds. The van der Waals surface area contributed by atoms with Gasteiger partial charge in [0.05, 0.1) is 6.26 Å². The zero-order chi connectivity index (χ0) is 12.8. The minimum atomic E-state index is -3.10. The second kappa shape index (κ2) is 4.17. The molecule has 2 aliphatic rings. The number of sulfonamides is 1. The van der Waals surface area contributed by atoms with Gasteiger partial charge in [-0.1, -0.05) is 0 Å². The molecule has 0 N–H and O–H groups in total. The Kier molecular flexibility index (Phi) is 2.74. The fourth-order valence-corrected chi connectivity index (χ4v) is 4.22. The monoisotopic (exact) mass is 268 g/mol. The van der Waals surface area contributed by atoms with E-state index < -0.39 is 10.0 Å². The maximum absolute atomic E-state index is 11.7. The van der Waals surface area contributed by atoms with Crippen molar-refractivity contribution in [1.29, 1.82) is 0 Å². The quantitative estimate of drug-likeness (QED) is 0.760. The summed E-state index contributed by atoms with van der Waals surface area (Å²) in [5.74, 6) is 0.709. The maximum atomic E-state index is 11.7. The van der Waals surface area contributed by atoms with Crippen LogP contribution in [0.15, 0.2) is 18.5 Å². The van der Waals surface area contributed by atoms with Gasteiger partial charge >= 0.3 is 0 Å². The van der Waals surface area contributed by atoms with E-state index in [0.29, 0.717) is 12.5 Å². The van der Waals surface area contributed by atoms with E-state index in [1.54, 1.807) is 22.8 Å². The largest absolute Gasteiger partial charge is 0.336 e. The van der Waals surface area contributed by atoms with Crippen molar-refractivity contribution in [2.24, 2.45) is 0 Å². The number of aromatic nitrogens is 2. The molecule has 18 heavy (non-hydrogen) atoms. The highest BCUT2D eigenvalue weighted by atomic mass is 32.2. The summed E-state index contributed by atoms with van der Waals surface area (Å²) in [7, 11) is -3.10. The Hall–Kier alpha value is -1.21. The fourth-order valence-electron chi connectivity index (χ4n) is 3.05. The lowest BCUT2D eigenvalue weighted by atomic mass is 10.1. The van der Waals surface area contributed by atoms with E-state index in [4.69, 9.17) is 0 Å². The third-order valence-electron chi connectivity index (χ3n) is 3.76. The van der Waals surface area contributed by atoms with Gasteiger partial charge < -0.3 is 4.90 Å². The third kappa shape index (κ3) is 1.87. The predicted octanol–water partition coefficient (Wildman–Crippen LogP) is 0.0892. The van der Waals surface area contributed by atoms with Crippen molar-refractivity contribution in [2.45, 2.75) is 24.9 Å². The van der Waals surface area contributed by atoms with E-state index in [2.05, 4.69) is 14.9 Å². The predicted molar refractivity (Wildman–Crippen MR) is 67.7 cm³/mol. The van der Waals surface area contributed by atoms with Crippen LogP contribution in [0.1, 0.15) is 12.8 Å². The Morgan fingerprint density at radius 3 is 2.50 bits per heavy atom. The molecule has 6 nitrogen and oxygen atoms in total. The van der Waals surface area contributed by atoms with Crippen molar-refractivity contribution >= 4 is 16.0 Å². The van der Waals surface area contributed by atoms with Crippen LogP contribution in [0.5, 0.6) is 0 Å². The van der Waals surface area contributed by atoms with Gasteiger partial charge in [-0.15, -0.1) is 0 Å². The fraction of sp³-hybridized carbons (Fsp3) is 0.636. The van der Waals surface area contributed by atoms with Crippen molar-refractivity contribution in [3.63, 3.8) is 0 Å². The Labute approximate surface area is 107 Å². The molecule has 98 valence electrons. The third-order valence-corrected chi connectivity index (χ3v) is 5.07. The number of hydrogen-bond donors (Lipinski definition) is 0. The summed E-state index contributed by atoms with van der Waals surface area (Å²) >= 11 is 0. The van der Waals surface area contributed by atoms with Crippen LogP contribution in [0.2, 0.25) is 0 Å². The van der Waals surface area contributed by atoms with Crippen LogP contribution >= 0.6 is 0 Å². The van der Waals surface area contributed by atoms with Crippen LogP contribution in [-0.2, 0) is 10.0 Å². The topological polar surface area (TPSA) is 66.4 Å². The van der Waals surface area contributed by atoms with Crippen molar-refractivity contribution in [2.75, 3.05) is 24.2 Å². The van der Waals surface area contributed by atoms with Crippen molar-refractivity contribution < 1.29 is 8.42 Å². The summed E-state index contributed by atoms with van der Waals surface area (Å²) in [5, 5.41) is 0. The standard InChI is InChI=1S/C11H16N4O2S/c1-18(16,17)15-8-4-9-10(15)3-7-14(9)11-12-5-2-6-13-11/h2,5-6,9-10H,3-4,7-8H2,1H3/t9-,10+/m0/s1. The van der Waals surface area contributed by atoms with Gasteiger partial charge in [0.15, 0.2) is 0 Å². The van der Waals surface area contributed by atoms with Crippen LogP contribution in [0.25, 0.3) is 0 Å². The molecular formula is C11H16N4O2S. The average molecular weight is 268 g/mol. The molecule has 7 heteroatoms. The van der Waals surface area contributed by atoms with Gasteiger partial charge in [-0.2, -0.15) is 4.31 Å². The molecule has 1 aromatic heterocycles. The summed E-state index contributed by atoms with van der Waals surface area (Å²) in [6.07, 6.45) is 6.45. The number of nitrogens with zero attached hydrogens (tertiary/aromatic N) is 4.